The second kappa shape index (κ2) is 6.50. The van der Waals surface area contributed by atoms with Crippen LogP contribution in [0.1, 0.15) is 19.4 Å². The molecule has 9 heteroatoms. The highest BCUT2D eigenvalue weighted by atomic mass is 35.5. The summed E-state index contributed by atoms with van der Waals surface area (Å²) in [6.07, 6.45) is -4.72. The maximum absolute atomic E-state index is 13.7. The van der Waals surface area contributed by atoms with Crippen molar-refractivity contribution in [2.45, 2.75) is 36.8 Å². The molecular formula is C12H14ClF4NO2S. The zero-order valence-corrected chi connectivity index (χ0v) is 12.9. The van der Waals surface area contributed by atoms with Gasteiger partial charge in [0.2, 0.25) is 10.0 Å². The highest BCUT2D eigenvalue weighted by Crippen LogP contribution is 2.27. The van der Waals surface area contributed by atoms with Gasteiger partial charge in [-0.3, -0.25) is 0 Å². The fourth-order valence-corrected chi connectivity index (χ4v) is 3.58. The molecule has 0 atom stereocenters. The SMILES string of the molecule is CC(C)N(CC(F)(F)F)S(=O)(=O)c1cc(CCl)ccc1F. The number of nitrogens with zero attached hydrogens (tertiary/aromatic N) is 1. The average Bonchev–Trinajstić information content (AvgIpc) is 2.35. The number of rotatable bonds is 5. The largest absolute Gasteiger partial charge is 0.402 e. The molecule has 0 N–H and O–H groups in total. The van der Waals surface area contributed by atoms with E-state index in [4.69, 9.17) is 11.6 Å². The minimum absolute atomic E-state index is 0.0796. The molecule has 1 rings (SSSR count). The van der Waals surface area contributed by atoms with Crippen LogP contribution in [0.25, 0.3) is 0 Å². The number of benzene rings is 1. The average molecular weight is 348 g/mol. The summed E-state index contributed by atoms with van der Waals surface area (Å²) in [6, 6.07) is 2.11. The summed E-state index contributed by atoms with van der Waals surface area (Å²) < 4.78 is 76.1. The summed E-state index contributed by atoms with van der Waals surface area (Å²) in [5.74, 6) is -1.19. The van der Waals surface area contributed by atoms with Crippen molar-refractivity contribution in [3.8, 4) is 0 Å². The van der Waals surface area contributed by atoms with E-state index in [2.05, 4.69) is 0 Å². The van der Waals surface area contributed by atoms with Gasteiger partial charge in [0, 0.05) is 11.9 Å². The molecule has 0 saturated carbocycles. The predicted octanol–water partition coefficient (Wildman–Crippen LogP) is 3.53. The van der Waals surface area contributed by atoms with E-state index < -0.39 is 39.5 Å². The molecule has 0 fully saturated rings. The van der Waals surface area contributed by atoms with E-state index in [1.807, 2.05) is 0 Å². The molecule has 3 nitrogen and oxygen atoms in total. The molecule has 0 aliphatic carbocycles. The zero-order chi connectivity index (χ0) is 16.4. The lowest BCUT2D eigenvalue weighted by Crippen LogP contribution is -2.43. The van der Waals surface area contributed by atoms with Crippen LogP contribution in [0.4, 0.5) is 17.6 Å². The van der Waals surface area contributed by atoms with E-state index >= 15 is 0 Å². The van der Waals surface area contributed by atoms with Gasteiger partial charge in [-0.1, -0.05) is 6.07 Å². The Kier molecular flexibility index (Phi) is 5.63. The second-order valence-corrected chi connectivity index (χ2v) is 6.78. The molecule has 0 radical (unpaired) electrons. The Hall–Kier alpha value is -0.860. The lowest BCUT2D eigenvalue weighted by molar-refractivity contribution is -0.138. The van der Waals surface area contributed by atoms with Crippen LogP contribution in [0.15, 0.2) is 23.1 Å². The van der Waals surface area contributed by atoms with Crippen molar-refractivity contribution in [2.75, 3.05) is 6.54 Å². The number of hydrogen-bond donors (Lipinski definition) is 0. The Balaban J connectivity index is 3.36. The first-order valence-electron chi connectivity index (χ1n) is 5.92. The van der Waals surface area contributed by atoms with E-state index in [0.29, 0.717) is 5.56 Å². The molecular weight excluding hydrogens is 334 g/mol. The van der Waals surface area contributed by atoms with Crippen molar-refractivity contribution in [2.24, 2.45) is 0 Å². The lowest BCUT2D eigenvalue weighted by atomic mass is 10.2. The van der Waals surface area contributed by atoms with Gasteiger partial charge in [0.1, 0.15) is 17.3 Å². The van der Waals surface area contributed by atoms with Crippen LogP contribution in [0.2, 0.25) is 0 Å². The summed E-state index contributed by atoms with van der Waals surface area (Å²) in [5.41, 5.74) is 0.298. The molecule has 0 unspecified atom stereocenters. The number of hydrogen-bond acceptors (Lipinski definition) is 2. The van der Waals surface area contributed by atoms with E-state index in [0.717, 1.165) is 12.1 Å². The van der Waals surface area contributed by atoms with E-state index in [1.54, 1.807) is 0 Å². The summed E-state index contributed by atoms with van der Waals surface area (Å²) in [4.78, 5) is -0.807. The van der Waals surface area contributed by atoms with Crippen LogP contribution < -0.4 is 0 Å². The fourth-order valence-electron chi connectivity index (χ4n) is 1.68. The van der Waals surface area contributed by atoms with Crippen LogP contribution in [0, 0.1) is 5.82 Å². The van der Waals surface area contributed by atoms with Crippen molar-refractivity contribution in [3.63, 3.8) is 0 Å². The van der Waals surface area contributed by atoms with E-state index in [9.17, 15) is 26.0 Å². The van der Waals surface area contributed by atoms with Crippen LogP contribution in [0.3, 0.4) is 0 Å². The number of alkyl halides is 4. The summed E-state index contributed by atoms with van der Waals surface area (Å²) in [7, 11) is -4.62. The maximum Gasteiger partial charge on any atom is 0.402 e. The summed E-state index contributed by atoms with van der Waals surface area (Å²) in [6.45, 7) is 0.886. The van der Waals surface area contributed by atoms with Gasteiger partial charge in [0.25, 0.3) is 0 Å². The predicted molar refractivity (Wildman–Crippen MR) is 71.0 cm³/mol. The number of halogens is 5. The van der Waals surface area contributed by atoms with Crippen molar-refractivity contribution in [1.29, 1.82) is 0 Å². The van der Waals surface area contributed by atoms with Gasteiger partial charge in [-0.2, -0.15) is 17.5 Å². The van der Waals surface area contributed by atoms with Crippen LogP contribution in [-0.4, -0.2) is 31.5 Å². The Morgan fingerprint density at radius 2 is 1.86 bits per heavy atom. The topological polar surface area (TPSA) is 37.4 Å². The van der Waals surface area contributed by atoms with Gasteiger partial charge in [0.05, 0.1) is 0 Å². The molecule has 120 valence electrons. The molecule has 0 aromatic heterocycles. The second-order valence-electron chi connectivity index (χ2n) is 4.66. The van der Waals surface area contributed by atoms with Gasteiger partial charge in [-0.15, -0.1) is 11.6 Å². The third-order valence-corrected chi connectivity index (χ3v) is 4.99. The molecule has 0 aliphatic heterocycles. The van der Waals surface area contributed by atoms with Crippen molar-refractivity contribution in [1.82, 2.24) is 4.31 Å². The summed E-state index contributed by atoms with van der Waals surface area (Å²) in [5, 5.41) is 0. The molecule has 0 spiro atoms. The third-order valence-electron chi connectivity index (χ3n) is 2.65. The van der Waals surface area contributed by atoms with E-state index in [1.165, 1.54) is 19.9 Å². The normalized spacial score (nSPS) is 13.2. The molecule has 0 saturated heterocycles. The van der Waals surface area contributed by atoms with Crippen molar-refractivity contribution >= 4 is 21.6 Å². The quantitative estimate of drug-likeness (QED) is 0.603. The smallest absolute Gasteiger partial charge is 0.207 e. The first-order chi connectivity index (χ1) is 9.49. The standard InChI is InChI=1S/C12H14ClF4NO2S/c1-8(2)18(7-12(15,16)17)21(19,20)11-5-9(6-13)3-4-10(11)14/h3-5,8H,6-7H2,1-2H3. The Morgan fingerprint density at radius 3 is 2.29 bits per heavy atom. The molecule has 1 aromatic carbocycles. The highest BCUT2D eigenvalue weighted by Gasteiger charge is 2.39. The van der Waals surface area contributed by atoms with Gasteiger partial charge in [0.15, 0.2) is 0 Å². The molecule has 1 aromatic rings. The maximum atomic E-state index is 13.7. The third kappa shape index (κ3) is 4.55. The van der Waals surface area contributed by atoms with Gasteiger partial charge in [-0.25, -0.2) is 12.8 Å². The Bertz CT molecular complexity index is 602. The van der Waals surface area contributed by atoms with Gasteiger partial charge < -0.3 is 0 Å². The van der Waals surface area contributed by atoms with Crippen molar-refractivity contribution < 1.29 is 26.0 Å². The summed E-state index contributed by atoms with van der Waals surface area (Å²) >= 11 is 5.54. The highest BCUT2D eigenvalue weighted by molar-refractivity contribution is 7.89. The minimum atomic E-state index is -4.72. The van der Waals surface area contributed by atoms with Crippen LogP contribution >= 0.6 is 11.6 Å². The van der Waals surface area contributed by atoms with E-state index in [-0.39, 0.29) is 10.2 Å². The van der Waals surface area contributed by atoms with Crippen LogP contribution in [-0.2, 0) is 15.9 Å². The fraction of sp³-hybridized carbons (Fsp3) is 0.500. The minimum Gasteiger partial charge on any atom is -0.207 e. The van der Waals surface area contributed by atoms with Crippen LogP contribution in [0.5, 0.6) is 0 Å². The molecule has 0 bridgehead atoms. The molecule has 0 heterocycles. The van der Waals surface area contributed by atoms with Crippen molar-refractivity contribution in [3.05, 3.63) is 29.6 Å². The first-order valence-corrected chi connectivity index (χ1v) is 7.89. The molecule has 0 amide bonds. The lowest BCUT2D eigenvalue weighted by Gasteiger charge is -2.27. The Morgan fingerprint density at radius 1 is 1.29 bits per heavy atom. The number of sulfonamides is 1. The molecule has 21 heavy (non-hydrogen) atoms. The van der Waals surface area contributed by atoms with Gasteiger partial charge >= 0.3 is 6.18 Å². The molecule has 0 aliphatic rings. The first kappa shape index (κ1) is 18.2. The zero-order valence-electron chi connectivity index (χ0n) is 11.3. The van der Waals surface area contributed by atoms with Gasteiger partial charge in [-0.05, 0) is 31.5 Å². The Labute approximate surface area is 125 Å². The monoisotopic (exact) mass is 347 g/mol.